The third-order valence-corrected chi connectivity index (χ3v) is 7.35. The third-order valence-electron chi connectivity index (χ3n) is 5.94. The Morgan fingerprint density at radius 3 is 2.85 bits per heavy atom. The van der Waals surface area contributed by atoms with E-state index < -0.39 is 0 Å². The smallest absolute Gasteiger partial charge is 0.223 e. The molecular weight excluding hydrogens is 380 g/mol. The lowest BCUT2D eigenvalue weighted by atomic mass is 9.86. The Hall–Kier alpha value is -1.89. The van der Waals surface area contributed by atoms with Gasteiger partial charge in [-0.2, -0.15) is 4.98 Å². The van der Waals surface area contributed by atoms with Crippen LogP contribution in [-0.4, -0.2) is 27.2 Å². The average molecular weight is 403 g/mol. The number of anilines is 2. The standard InChI is InChI=1S/C20H23ClN4OS/c1-11-13(10-26)7-8-20(11,2)25-18-16(17(21)23-19(22)24-18)15-9-12-5-3-4-6-14(12)27-15/h3-6,9,11,13,26H,7-8,10H2,1-2H3,(H3,22,23,24,25)/t11-,13-,20+/m1/s1. The van der Waals surface area contributed by atoms with Gasteiger partial charge in [0.2, 0.25) is 5.95 Å². The monoisotopic (exact) mass is 402 g/mol. The van der Waals surface area contributed by atoms with Crippen molar-refractivity contribution in [2.45, 2.75) is 32.2 Å². The first-order valence-electron chi connectivity index (χ1n) is 9.12. The van der Waals surface area contributed by atoms with E-state index in [1.807, 2.05) is 12.1 Å². The van der Waals surface area contributed by atoms with E-state index in [-0.39, 0.29) is 24.0 Å². The lowest BCUT2D eigenvalue weighted by Gasteiger charge is -2.33. The van der Waals surface area contributed by atoms with Gasteiger partial charge < -0.3 is 16.2 Å². The second-order valence-electron chi connectivity index (χ2n) is 7.56. The molecule has 0 unspecified atom stereocenters. The zero-order valence-electron chi connectivity index (χ0n) is 15.4. The Labute approximate surface area is 167 Å². The van der Waals surface area contributed by atoms with Crippen molar-refractivity contribution in [3.8, 4) is 10.4 Å². The predicted octanol–water partition coefficient (Wildman–Crippen LogP) is 4.80. The van der Waals surface area contributed by atoms with Crippen LogP contribution in [0.5, 0.6) is 0 Å². The van der Waals surface area contributed by atoms with Crippen molar-refractivity contribution in [2.24, 2.45) is 11.8 Å². The molecule has 27 heavy (non-hydrogen) atoms. The molecule has 3 atom stereocenters. The molecule has 7 heteroatoms. The molecule has 0 saturated heterocycles. The first-order chi connectivity index (χ1) is 12.9. The number of hydrogen-bond donors (Lipinski definition) is 3. The number of nitrogen functional groups attached to an aromatic ring is 1. The SMILES string of the molecule is C[C@@H]1[C@@H](CO)CC[C@]1(C)Nc1nc(N)nc(Cl)c1-c1cc2ccccc2s1. The van der Waals surface area contributed by atoms with Gasteiger partial charge in [-0.25, -0.2) is 4.98 Å². The lowest BCUT2D eigenvalue weighted by Crippen LogP contribution is -2.40. The van der Waals surface area contributed by atoms with Crippen LogP contribution in [0.15, 0.2) is 30.3 Å². The normalized spacial score (nSPS) is 25.2. The molecule has 1 aliphatic carbocycles. The number of thiophene rings is 1. The first kappa shape index (κ1) is 18.5. The van der Waals surface area contributed by atoms with Crippen molar-refractivity contribution in [1.29, 1.82) is 0 Å². The molecule has 0 radical (unpaired) electrons. The van der Waals surface area contributed by atoms with Crippen molar-refractivity contribution in [3.63, 3.8) is 0 Å². The van der Waals surface area contributed by atoms with Gasteiger partial charge >= 0.3 is 0 Å². The van der Waals surface area contributed by atoms with E-state index in [1.54, 1.807) is 11.3 Å². The fourth-order valence-electron chi connectivity index (χ4n) is 4.04. The molecule has 2 heterocycles. The molecule has 2 aromatic heterocycles. The molecule has 142 valence electrons. The Morgan fingerprint density at radius 2 is 2.15 bits per heavy atom. The van der Waals surface area contributed by atoms with Crippen LogP contribution in [0.3, 0.4) is 0 Å². The summed E-state index contributed by atoms with van der Waals surface area (Å²) in [5.41, 5.74) is 6.50. The summed E-state index contributed by atoms with van der Waals surface area (Å²) in [6.07, 6.45) is 1.93. The molecule has 0 bridgehead atoms. The van der Waals surface area contributed by atoms with Gasteiger partial charge in [0.05, 0.1) is 5.56 Å². The van der Waals surface area contributed by atoms with Crippen LogP contribution in [-0.2, 0) is 0 Å². The van der Waals surface area contributed by atoms with Crippen LogP contribution in [0, 0.1) is 11.8 Å². The topological polar surface area (TPSA) is 84.1 Å². The predicted molar refractivity (Wildman–Crippen MR) is 113 cm³/mol. The lowest BCUT2D eigenvalue weighted by molar-refractivity contribution is 0.187. The van der Waals surface area contributed by atoms with Crippen LogP contribution < -0.4 is 11.1 Å². The fraction of sp³-hybridized carbons (Fsp3) is 0.400. The molecule has 0 spiro atoms. The molecule has 0 aliphatic heterocycles. The van der Waals surface area contributed by atoms with E-state index >= 15 is 0 Å². The molecule has 4 N–H and O–H groups in total. The highest BCUT2D eigenvalue weighted by Crippen LogP contribution is 2.45. The summed E-state index contributed by atoms with van der Waals surface area (Å²) in [6, 6.07) is 10.3. The van der Waals surface area contributed by atoms with Crippen LogP contribution in [0.2, 0.25) is 5.15 Å². The second kappa shape index (κ2) is 6.93. The number of nitrogens with two attached hydrogens (primary N) is 1. The summed E-state index contributed by atoms with van der Waals surface area (Å²) in [6.45, 7) is 4.55. The van der Waals surface area contributed by atoms with Crippen molar-refractivity contribution in [1.82, 2.24) is 9.97 Å². The molecular formula is C20H23ClN4OS. The minimum atomic E-state index is -0.192. The minimum Gasteiger partial charge on any atom is -0.396 e. The maximum atomic E-state index is 9.64. The summed E-state index contributed by atoms with van der Waals surface area (Å²) in [5, 5.41) is 14.8. The molecule has 4 rings (SSSR count). The summed E-state index contributed by atoms with van der Waals surface area (Å²) >= 11 is 8.18. The Balaban J connectivity index is 1.79. The number of nitrogens with zero attached hydrogens (tertiary/aromatic N) is 2. The zero-order chi connectivity index (χ0) is 19.2. The Morgan fingerprint density at radius 1 is 1.37 bits per heavy atom. The Kier molecular flexibility index (Phi) is 4.74. The van der Waals surface area contributed by atoms with Gasteiger partial charge in [-0.15, -0.1) is 11.3 Å². The van der Waals surface area contributed by atoms with Gasteiger partial charge in [0, 0.05) is 21.7 Å². The maximum absolute atomic E-state index is 9.64. The molecule has 1 fully saturated rings. The molecule has 3 aromatic rings. The molecule has 5 nitrogen and oxygen atoms in total. The fourth-order valence-corrected chi connectivity index (χ4v) is 5.49. The van der Waals surface area contributed by atoms with Crippen LogP contribution in [0.4, 0.5) is 11.8 Å². The van der Waals surface area contributed by atoms with Crippen LogP contribution in [0.1, 0.15) is 26.7 Å². The summed E-state index contributed by atoms with van der Waals surface area (Å²) in [5.74, 6) is 1.39. The largest absolute Gasteiger partial charge is 0.396 e. The minimum absolute atomic E-state index is 0.153. The van der Waals surface area contributed by atoms with E-state index in [0.29, 0.717) is 16.9 Å². The van der Waals surface area contributed by atoms with E-state index in [2.05, 4.69) is 47.3 Å². The number of halogens is 1. The van der Waals surface area contributed by atoms with E-state index in [1.165, 1.54) is 4.70 Å². The van der Waals surface area contributed by atoms with Gasteiger partial charge in [0.1, 0.15) is 11.0 Å². The molecule has 0 amide bonds. The van der Waals surface area contributed by atoms with E-state index in [9.17, 15) is 5.11 Å². The van der Waals surface area contributed by atoms with Gasteiger partial charge in [-0.05, 0) is 49.1 Å². The molecule has 1 aliphatic rings. The number of aliphatic hydroxyl groups excluding tert-OH is 1. The van der Waals surface area contributed by atoms with Crippen molar-refractivity contribution in [2.75, 3.05) is 17.7 Å². The van der Waals surface area contributed by atoms with Crippen molar-refractivity contribution in [3.05, 3.63) is 35.5 Å². The van der Waals surface area contributed by atoms with Crippen molar-refractivity contribution < 1.29 is 5.11 Å². The summed E-state index contributed by atoms with van der Waals surface area (Å²) in [7, 11) is 0. The number of fused-ring (bicyclic) bond motifs is 1. The average Bonchev–Trinajstić information content (AvgIpc) is 3.16. The highest BCUT2D eigenvalue weighted by atomic mass is 35.5. The highest BCUT2D eigenvalue weighted by molar-refractivity contribution is 7.22. The number of rotatable bonds is 4. The Bertz CT molecular complexity index is 958. The number of aromatic nitrogens is 2. The number of aliphatic hydroxyl groups is 1. The van der Waals surface area contributed by atoms with Crippen LogP contribution in [0.25, 0.3) is 20.5 Å². The molecule has 1 aromatic carbocycles. The van der Waals surface area contributed by atoms with Gasteiger partial charge in [0.15, 0.2) is 0 Å². The van der Waals surface area contributed by atoms with Gasteiger partial charge in [0.25, 0.3) is 0 Å². The zero-order valence-corrected chi connectivity index (χ0v) is 16.9. The highest BCUT2D eigenvalue weighted by Gasteiger charge is 2.42. The second-order valence-corrected chi connectivity index (χ2v) is 9.00. The number of hydrogen-bond acceptors (Lipinski definition) is 6. The number of benzene rings is 1. The van der Waals surface area contributed by atoms with Crippen molar-refractivity contribution >= 4 is 44.8 Å². The summed E-state index contributed by atoms with van der Waals surface area (Å²) in [4.78, 5) is 9.69. The maximum Gasteiger partial charge on any atom is 0.223 e. The van der Waals surface area contributed by atoms with E-state index in [0.717, 1.165) is 28.7 Å². The summed E-state index contributed by atoms with van der Waals surface area (Å²) < 4.78 is 1.19. The van der Waals surface area contributed by atoms with E-state index in [4.69, 9.17) is 17.3 Å². The van der Waals surface area contributed by atoms with Gasteiger partial charge in [-0.1, -0.05) is 36.7 Å². The first-order valence-corrected chi connectivity index (χ1v) is 10.3. The van der Waals surface area contributed by atoms with Crippen LogP contribution >= 0.6 is 22.9 Å². The number of nitrogens with one attached hydrogen (secondary N) is 1. The van der Waals surface area contributed by atoms with Gasteiger partial charge in [-0.3, -0.25) is 0 Å². The quantitative estimate of drug-likeness (QED) is 0.545. The third kappa shape index (κ3) is 3.26. The molecule has 1 saturated carbocycles.